The minimum atomic E-state index is -0.393. The van der Waals surface area contributed by atoms with Crippen molar-refractivity contribution in [2.24, 2.45) is 0 Å². The number of halogens is 2. The lowest BCUT2D eigenvalue weighted by Gasteiger charge is -2.14. The van der Waals surface area contributed by atoms with Crippen LogP contribution in [0.5, 0.6) is 5.75 Å². The van der Waals surface area contributed by atoms with Gasteiger partial charge in [0.1, 0.15) is 5.75 Å². The first-order chi connectivity index (χ1) is 18.9. The van der Waals surface area contributed by atoms with Crippen molar-refractivity contribution in [1.29, 1.82) is 0 Å². The number of nitrogens with zero attached hydrogens (tertiary/aromatic N) is 4. The van der Waals surface area contributed by atoms with Gasteiger partial charge in [-0.3, -0.25) is 14.2 Å². The molecule has 5 rings (SSSR count). The molecule has 0 fully saturated rings. The Morgan fingerprint density at radius 2 is 1.85 bits per heavy atom. The van der Waals surface area contributed by atoms with Gasteiger partial charge in [-0.2, -0.15) is 0 Å². The number of benzene rings is 3. The number of carbonyl (C=O) groups excluding carboxylic acids is 2. The molecule has 0 aliphatic carbocycles. The number of aromatic nitrogens is 4. The molecule has 0 aliphatic heterocycles. The summed E-state index contributed by atoms with van der Waals surface area (Å²) in [5.74, 6) is 0.450. The number of methoxy groups -OCH3 is 1. The third kappa shape index (κ3) is 6.17. The number of fused-ring (bicyclic) bond motifs is 1. The number of carbonyl (C=O) groups is 2. The summed E-state index contributed by atoms with van der Waals surface area (Å²) in [6.45, 7) is 0.0430. The van der Waals surface area contributed by atoms with Crippen LogP contribution >= 0.6 is 46.3 Å². The van der Waals surface area contributed by atoms with Crippen molar-refractivity contribution in [3.8, 4) is 11.4 Å². The highest BCUT2D eigenvalue weighted by Crippen LogP contribution is 2.30. The molecule has 0 bridgehead atoms. The molecule has 0 saturated heterocycles. The minimum absolute atomic E-state index is 0.0430. The number of hydrogen-bond acceptors (Lipinski definition) is 8. The molecule has 198 valence electrons. The fourth-order valence-corrected chi connectivity index (χ4v) is 5.84. The van der Waals surface area contributed by atoms with Crippen LogP contribution in [-0.4, -0.2) is 44.4 Å². The standard InChI is InChI=1S/C26H20Cl2N6O3S2/c1-37-20-8-4-3-7-19(20)34-22(13-29-24(36)16-11-10-15(27)12-17(16)28)32-33-26(34)38-14-23(35)31-25-30-18-6-2-5-9-21(18)39-25/h2-12H,13-14H2,1H3,(H,29,36)(H,30,31,35). The number of anilines is 1. The Morgan fingerprint density at radius 1 is 1.05 bits per heavy atom. The van der Waals surface area contributed by atoms with Gasteiger partial charge in [-0.05, 0) is 42.5 Å². The van der Waals surface area contributed by atoms with Crippen molar-refractivity contribution in [2.45, 2.75) is 11.7 Å². The number of para-hydroxylation sites is 3. The Balaban J connectivity index is 1.35. The zero-order valence-electron chi connectivity index (χ0n) is 20.4. The van der Waals surface area contributed by atoms with E-state index >= 15 is 0 Å². The van der Waals surface area contributed by atoms with Crippen molar-refractivity contribution in [3.05, 3.63) is 88.2 Å². The molecule has 9 nitrogen and oxygen atoms in total. The molecule has 0 atom stereocenters. The maximum atomic E-state index is 12.8. The van der Waals surface area contributed by atoms with Gasteiger partial charge in [0.2, 0.25) is 5.91 Å². The molecule has 5 aromatic rings. The van der Waals surface area contributed by atoms with E-state index in [0.717, 1.165) is 10.2 Å². The van der Waals surface area contributed by atoms with Crippen LogP contribution in [0.15, 0.2) is 71.9 Å². The number of thiazole rings is 1. The molecule has 0 unspecified atom stereocenters. The van der Waals surface area contributed by atoms with Crippen molar-refractivity contribution in [2.75, 3.05) is 18.2 Å². The number of nitrogens with one attached hydrogen (secondary N) is 2. The van der Waals surface area contributed by atoms with Gasteiger partial charge in [0.05, 0.1) is 45.9 Å². The first-order valence-electron chi connectivity index (χ1n) is 11.5. The van der Waals surface area contributed by atoms with E-state index in [4.69, 9.17) is 27.9 Å². The van der Waals surface area contributed by atoms with Crippen molar-refractivity contribution < 1.29 is 14.3 Å². The highest BCUT2D eigenvalue weighted by atomic mass is 35.5. The summed E-state index contributed by atoms with van der Waals surface area (Å²) in [6, 6.07) is 19.7. The molecule has 2 heterocycles. The first-order valence-corrected chi connectivity index (χ1v) is 14.1. The van der Waals surface area contributed by atoms with Crippen LogP contribution in [0, 0.1) is 0 Å². The fourth-order valence-electron chi connectivity index (χ4n) is 3.70. The third-order valence-electron chi connectivity index (χ3n) is 5.48. The Morgan fingerprint density at radius 3 is 2.64 bits per heavy atom. The normalized spacial score (nSPS) is 10.9. The predicted octanol–water partition coefficient (Wildman–Crippen LogP) is 5.85. The summed E-state index contributed by atoms with van der Waals surface area (Å²) in [6.07, 6.45) is 0. The van der Waals surface area contributed by atoms with Crippen LogP contribution < -0.4 is 15.4 Å². The number of thioether (sulfide) groups is 1. The smallest absolute Gasteiger partial charge is 0.253 e. The zero-order chi connectivity index (χ0) is 27.4. The summed E-state index contributed by atoms with van der Waals surface area (Å²) in [7, 11) is 1.56. The lowest BCUT2D eigenvalue weighted by Crippen LogP contribution is -2.25. The van der Waals surface area contributed by atoms with Gasteiger partial charge in [0.25, 0.3) is 5.91 Å². The van der Waals surface area contributed by atoms with Gasteiger partial charge in [-0.25, -0.2) is 4.98 Å². The number of rotatable bonds is 9. The van der Waals surface area contributed by atoms with Gasteiger partial charge in [0, 0.05) is 5.02 Å². The Bertz CT molecular complexity index is 1640. The predicted molar refractivity (Wildman–Crippen MR) is 155 cm³/mol. The van der Waals surface area contributed by atoms with Crippen LogP contribution in [0.2, 0.25) is 10.0 Å². The zero-order valence-corrected chi connectivity index (χ0v) is 23.5. The minimum Gasteiger partial charge on any atom is -0.495 e. The molecule has 2 aromatic heterocycles. The second-order valence-electron chi connectivity index (χ2n) is 8.04. The molecule has 2 N–H and O–H groups in total. The monoisotopic (exact) mass is 598 g/mol. The van der Waals surface area contributed by atoms with Gasteiger partial charge in [0.15, 0.2) is 16.1 Å². The average Bonchev–Trinajstić information content (AvgIpc) is 3.53. The summed E-state index contributed by atoms with van der Waals surface area (Å²) in [4.78, 5) is 30.0. The van der Waals surface area contributed by atoms with Gasteiger partial charge in [-0.15, -0.1) is 10.2 Å². The van der Waals surface area contributed by atoms with E-state index in [-0.39, 0.29) is 28.8 Å². The largest absolute Gasteiger partial charge is 0.495 e. The molecule has 0 spiro atoms. The van der Waals surface area contributed by atoms with Gasteiger partial charge < -0.3 is 15.4 Å². The van der Waals surface area contributed by atoms with Crippen molar-refractivity contribution >= 4 is 73.5 Å². The second kappa shape index (κ2) is 12.0. The maximum Gasteiger partial charge on any atom is 0.253 e. The molecule has 0 aliphatic rings. The van der Waals surface area contributed by atoms with Crippen molar-refractivity contribution in [3.63, 3.8) is 0 Å². The van der Waals surface area contributed by atoms with E-state index < -0.39 is 5.91 Å². The summed E-state index contributed by atoms with van der Waals surface area (Å²) < 4.78 is 8.28. The van der Waals surface area contributed by atoms with E-state index in [1.165, 1.54) is 29.2 Å². The molecule has 0 saturated carbocycles. The molecular formula is C26H20Cl2N6O3S2. The first kappa shape index (κ1) is 26.9. The molecule has 39 heavy (non-hydrogen) atoms. The Hall–Kier alpha value is -3.64. The lowest BCUT2D eigenvalue weighted by atomic mass is 10.2. The van der Waals surface area contributed by atoms with E-state index in [1.54, 1.807) is 29.9 Å². The highest BCUT2D eigenvalue weighted by Gasteiger charge is 2.20. The fraction of sp³-hybridized carbons (Fsp3) is 0.115. The molecule has 13 heteroatoms. The van der Waals surface area contributed by atoms with Crippen LogP contribution in [-0.2, 0) is 11.3 Å². The quantitative estimate of drug-likeness (QED) is 0.205. The Labute approximate surface area is 241 Å². The van der Waals surface area contributed by atoms with Crippen LogP contribution in [0.3, 0.4) is 0 Å². The van der Waals surface area contributed by atoms with Gasteiger partial charge in [-0.1, -0.05) is 70.6 Å². The summed E-state index contributed by atoms with van der Waals surface area (Å²) in [5, 5.41) is 15.9. The highest BCUT2D eigenvalue weighted by molar-refractivity contribution is 7.99. The van der Waals surface area contributed by atoms with Crippen LogP contribution in [0.4, 0.5) is 5.13 Å². The summed E-state index contributed by atoms with van der Waals surface area (Å²) in [5.41, 5.74) is 1.77. The Kier molecular flexibility index (Phi) is 8.32. The molecule has 3 aromatic carbocycles. The molecular weight excluding hydrogens is 579 g/mol. The molecule has 2 amide bonds. The maximum absolute atomic E-state index is 12.8. The van der Waals surface area contributed by atoms with Crippen LogP contribution in [0.1, 0.15) is 16.2 Å². The van der Waals surface area contributed by atoms with Crippen LogP contribution in [0.25, 0.3) is 15.9 Å². The topological polar surface area (TPSA) is 111 Å². The van der Waals surface area contributed by atoms with Gasteiger partial charge >= 0.3 is 0 Å². The number of hydrogen-bond donors (Lipinski definition) is 2. The lowest BCUT2D eigenvalue weighted by molar-refractivity contribution is -0.113. The van der Waals surface area contributed by atoms with E-state index in [9.17, 15) is 9.59 Å². The van der Waals surface area contributed by atoms with E-state index in [2.05, 4.69) is 25.8 Å². The third-order valence-corrected chi connectivity index (χ3v) is 7.91. The molecule has 0 radical (unpaired) electrons. The van der Waals surface area contributed by atoms with Crippen molar-refractivity contribution in [1.82, 2.24) is 25.1 Å². The number of ether oxygens (including phenoxy) is 1. The number of amides is 2. The second-order valence-corrected chi connectivity index (χ2v) is 10.9. The SMILES string of the molecule is COc1ccccc1-n1c(CNC(=O)c2ccc(Cl)cc2Cl)nnc1SCC(=O)Nc1nc2ccccc2s1. The average molecular weight is 600 g/mol. The summed E-state index contributed by atoms with van der Waals surface area (Å²) >= 11 is 14.7. The van der Waals surface area contributed by atoms with E-state index in [0.29, 0.717) is 32.6 Å². The van der Waals surface area contributed by atoms with E-state index in [1.807, 2.05) is 42.5 Å².